The number of hydrogen-bond acceptors (Lipinski definition) is 4. The van der Waals surface area contributed by atoms with Gasteiger partial charge in [0.2, 0.25) is 0 Å². The van der Waals surface area contributed by atoms with E-state index in [-0.39, 0.29) is 23.9 Å². The zero-order valence-corrected chi connectivity index (χ0v) is 24.7. The van der Waals surface area contributed by atoms with Gasteiger partial charge in [-0.2, -0.15) is 10.5 Å². The van der Waals surface area contributed by atoms with Gasteiger partial charge in [-0.3, -0.25) is 0 Å². The van der Waals surface area contributed by atoms with E-state index >= 15 is 0 Å². The quantitative estimate of drug-likeness (QED) is 0.377. The van der Waals surface area contributed by atoms with Crippen molar-refractivity contribution in [3.05, 3.63) is 125 Å². The Morgan fingerprint density at radius 1 is 0.860 bits per heavy atom. The minimum Gasteiger partial charge on any atom is -0.340 e. The van der Waals surface area contributed by atoms with Gasteiger partial charge in [-0.15, -0.1) is 0 Å². The Balaban J connectivity index is 1.27. The van der Waals surface area contributed by atoms with Crippen LogP contribution in [-0.2, 0) is 0 Å². The number of hydrogen-bond donors (Lipinski definition) is 0. The van der Waals surface area contributed by atoms with E-state index in [0.717, 1.165) is 38.5 Å². The molecule has 43 heavy (non-hydrogen) atoms. The van der Waals surface area contributed by atoms with E-state index in [2.05, 4.69) is 114 Å². The van der Waals surface area contributed by atoms with Crippen LogP contribution in [0.25, 0.3) is 5.57 Å². The largest absolute Gasteiger partial charge is 0.340 e. The zero-order chi connectivity index (χ0) is 29.1. The number of nitrogens with zero attached hydrogens (tertiary/aromatic N) is 4. The van der Waals surface area contributed by atoms with E-state index in [1.54, 1.807) is 0 Å². The van der Waals surface area contributed by atoms with Gasteiger partial charge in [0.15, 0.2) is 0 Å². The van der Waals surface area contributed by atoms with Crippen LogP contribution in [0.15, 0.2) is 114 Å². The molecule has 2 heterocycles. The van der Waals surface area contributed by atoms with Crippen molar-refractivity contribution >= 4 is 16.9 Å². The molecule has 0 fully saturated rings. The minimum atomic E-state index is -0.0474. The summed E-state index contributed by atoms with van der Waals surface area (Å²) in [4.78, 5) is 5.13. The van der Waals surface area contributed by atoms with Crippen LogP contribution in [0.1, 0.15) is 56.6 Å². The summed E-state index contributed by atoms with van der Waals surface area (Å²) in [5, 5.41) is 20.0. The van der Waals surface area contributed by atoms with Crippen LogP contribution >= 0.6 is 0 Å². The van der Waals surface area contributed by atoms with E-state index in [9.17, 15) is 10.5 Å². The number of nitriles is 2. The summed E-state index contributed by atoms with van der Waals surface area (Å²) < 4.78 is 0. The third kappa shape index (κ3) is 4.00. The van der Waals surface area contributed by atoms with E-state index < -0.39 is 0 Å². The predicted molar refractivity (Wildman–Crippen MR) is 172 cm³/mol. The molecule has 212 valence electrons. The molecule has 0 saturated heterocycles. The Morgan fingerprint density at radius 3 is 2.53 bits per heavy atom. The lowest BCUT2D eigenvalue weighted by atomic mass is 9.71. The Hall–Kier alpha value is -4.54. The molecule has 6 aliphatic rings. The molecule has 0 radical (unpaired) electrons. The average molecular weight is 561 g/mol. The van der Waals surface area contributed by atoms with Crippen molar-refractivity contribution in [1.29, 1.82) is 10.5 Å². The van der Waals surface area contributed by atoms with Crippen LogP contribution < -0.4 is 4.90 Å². The molecule has 2 aromatic rings. The monoisotopic (exact) mass is 560 g/mol. The molecule has 4 heteroatoms. The number of benzene rings is 2. The number of allylic oxidation sites excluding steroid dienone is 7. The van der Waals surface area contributed by atoms with Crippen molar-refractivity contribution in [1.82, 2.24) is 4.90 Å². The number of fused-ring (bicyclic) bond motifs is 5. The summed E-state index contributed by atoms with van der Waals surface area (Å²) in [6.45, 7) is 2.29. The van der Waals surface area contributed by atoms with E-state index in [4.69, 9.17) is 0 Å². The van der Waals surface area contributed by atoms with Crippen molar-refractivity contribution in [3.63, 3.8) is 0 Å². The average Bonchev–Trinajstić information content (AvgIpc) is 3.58. The van der Waals surface area contributed by atoms with Crippen LogP contribution in [0.5, 0.6) is 0 Å². The van der Waals surface area contributed by atoms with Crippen molar-refractivity contribution in [2.75, 3.05) is 4.90 Å². The highest BCUT2D eigenvalue weighted by Crippen LogP contribution is 2.56. The Labute approximate surface area is 254 Å². The molecule has 0 amide bonds. The molecule has 0 N–H and O–H groups in total. The second-order valence-electron chi connectivity index (χ2n) is 12.9. The first-order valence-corrected chi connectivity index (χ1v) is 16.0. The van der Waals surface area contributed by atoms with Gasteiger partial charge in [0.1, 0.15) is 0 Å². The topological polar surface area (TPSA) is 54.1 Å². The van der Waals surface area contributed by atoms with Crippen LogP contribution in [0, 0.1) is 46.3 Å². The van der Waals surface area contributed by atoms with Gasteiger partial charge in [0, 0.05) is 40.2 Å². The lowest BCUT2D eigenvalue weighted by Crippen LogP contribution is -2.38. The number of para-hydroxylation sites is 1. The SMILES string of the molecule is CC1C=C(N2C3=C(C(C4CCC=C5c6cc(C#N)ccc6N(c6ccccc6)C54)=CCC3)C3C=CC=CC32)C(C#N)CC1. The van der Waals surface area contributed by atoms with Gasteiger partial charge in [-0.25, -0.2) is 0 Å². The minimum absolute atomic E-state index is 0.0474. The normalized spacial score (nSPS) is 30.3. The van der Waals surface area contributed by atoms with Crippen LogP contribution in [0.2, 0.25) is 0 Å². The maximum absolute atomic E-state index is 10.2. The fourth-order valence-electron chi connectivity index (χ4n) is 8.74. The van der Waals surface area contributed by atoms with Crippen LogP contribution in [0.4, 0.5) is 11.4 Å². The highest BCUT2D eigenvalue weighted by Gasteiger charge is 2.49. The second-order valence-corrected chi connectivity index (χ2v) is 12.9. The van der Waals surface area contributed by atoms with E-state index in [1.807, 2.05) is 6.07 Å². The highest BCUT2D eigenvalue weighted by molar-refractivity contribution is 5.93. The smallest absolute Gasteiger partial charge is 0.0991 e. The summed E-state index contributed by atoms with van der Waals surface area (Å²) >= 11 is 0. The third-order valence-electron chi connectivity index (χ3n) is 10.5. The van der Waals surface area contributed by atoms with Crippen LogP contribution in [-0.4, -0.2) is 17.0 Å². The first kappa shape index (κ1) is 26.1. The Kier molecular flexibility index (Phi) is 6.27. The van der Waals surface area contributed by atoms with Gasteiger partial charge in [-0.05, 0) is 91.5 Å². The fraction of sp³-hybridized carbons (Fsp3) is 0.333. The van der Waals surface area contributed by atoms with E-state index in [0.29, 0.717) is 17.4 Å². The molecule has 6 unspecified atom stereocenters. The summed E-state index contributed by atoms with van der Waals surface area (Å²) in [7, 11) is 0. The lowest BCUT2D eigenvalue weighted by Gasteiger charge is -2.40. The maximum Gasteiger partial charge on any atom is 0.0991 e. The van der Waals surface area contributed by atoms with Crippen molar-refractivity contribution in [2.45, 2.75) is 57.5 Å². The van der Waals surface area contributed by atoms with Gasteiger partial charge < -0.3 is 9.80 Å². The third-order valence-corrected chi connectivity index (χ3v) is 10.5. The first-order valence-electron chi connectivity index (χ1n) is 16.0. The van der Waals surface area contributed by atoms with Crippen molar-refractivity contribution in [2.24, 2.45) is 23.7 Å². The molecule has 6 atom stereocenters. The summed E-state index contributed by atoms with van der Waals surface area (Å²) in [6.07, 6.45) is 22.8. The summed E-state index contributed by atoms with van der Waals surface area (Å²) in [6, 6.07) is 22.4. The molecule has 0 saturated carbocycles. The molecular formula is C39H36N4. The van der Waals surface area contributed by atoms with Gasteiger partial charge in [0.05, 0.1) is 35.7 Å². The number of anilines is 2. The first-order chi connectivity index (χ1) is 21.2. The zero-order valence-electron chi connectivity index (χ0n) is 24.7. The molecule has 4 nitrogen and oxygen atoms in total. The molecular weight excluding hydrogens is 524 g/mol. The molecule has 0 spiro atoms. The Morgan fingerprint density at radius 2 is 1.70 bits per heavy atom. The molecule has 2 aliphatic heterocycles. The Bertz CT molecular complexity index is 1750. The maximum atomic E-state index is 10.2. The molecule has 8 rings (SSSR count). The summed E-state index contributed by atoms with van der Waals surface area (Å²) in [5.74, 6) is 1.06. The lowest BCUT2D eigenvalue weighted by molar-refractivity contribution is 0.305. The van der Waals surface area contributed by atoms with Gasteiger partial charge in [0.25, 0.3) is 0 Å². The molecule has 2 aromatic carbocycles. The summed E-state index contributed by atoms with van der Waals surface area (Å²) in [5.41, 5.74) is 11.3. The van der Waals surface area contributed by atoms with E-state index in [1.165, 1.54) is 45.1 Å². The molecule has 0 bridgehead atoms. The van der Waals surface area contributed by atoms with Gasteiger partial charge >= 0.3 is 0 Å². The number of rotatable bonds is 3. The van der Waals surface area contributed by atoms with Crippen molar-refractivity contribution < 1.29 is 0 Å². The highest BCUT2D eigenvalue weighted by atomic mass is 15.2. The fourth-order valence-corrected chi connectivity index (χ4v) is 8.74. The predicted octanol–water partition coefficient (Wildman–Crippen LogP) is 8.73. The standard InChI is InChI=1S/C39H36N4/c1-25-17-19-27(24-41)37(21-25)43-34-15-6-5-11-32(34)38-29(12-8-16-36(38)43)30-13-7-14-31-33-22-26(23-40)18-20-35(33)42(39(30)31)28-9-3-2-4-10-28/h2-6,9-12,14-15,18,20-22,25,27,30,32,34,39H,7-8,13,16-17,19H2,1H3. The second kappa shape index (κ2) is 10.3. The van der Waals surface area contributed by atoms with Crippen LogP contribution in [0.3, 0.4) is 0 Å². The van der Waals surface area contributed by atoms with Gasteiger partial charge in [-0.1, -0.05) is 67.7 Å². The molecule has 0 aromatic heterocycles. The van der Waals surface area contributed by atoms with Crippen molar-refractivity contribution in [3.8, 4) is 12.1 Å². The molecule has 4 aliphatic carbocycles.